The molecule has 1 saturated carbocycles. The van der Waals surface area contributed by atoms with E-state index in [2.05, 4.69) is 28.9 Å². The van der Waals surface area contributed by atoms with Gasteiger partial charge in [0.2, 0.25) is 0 Å². The average Bonchev–Trinajstić information content (AvgIpc) is 3.16. The quantitative estimate of drug-likeness (QED) is 0.732. The minimum atomic E-state index is 0.771. The molecule has 4 aliphatic rings. The first-order chi connectivity index (χ1) is 9.79. The molecule has 2 bridgehead atoms. The van der Waals surface area contributed by atoms with E-state index in [4.69, 9.17) is 4.74 Å². The van der Waals surface area contributed by atoms with Gasteiger partial charge in [-0.05, 0) is 36.5 Å². The third-order valence-electron chi connectivity index (χ3n) is 6.07. The Morgan fingerprint density at radius 3 is 2.65 bits per heavy atom. The van der Waals surface area contributed by atoms with Crippen molar-refractivity contribution in [1.82, 2.24) is 9.80 Å². The number of fused-ring (bicyclic) bond motifs is 2. The largest absolute Gasteiger partial charge is 0.379 e. The third-order valence-corrected chi connectivity index (χ3v) is 6.07. The molecule has 5 unspecified atom stereocenters. The maximum atomic E-state index is 5.50. The summed E-state index contributed by atoms with van der Waals surface area (Å²) in [5.41, 5.74) is 0. The fourth-order valence-electron chi connectivity index (χ4n) is 5.02. The van der Waals surface area contributed by atoms with E-state index in [0.29, 0.717) is 0 Å². The topological polar surface area (TPSA) is 15.7 Å². The highest BCUT2D eigenvalue weighted by molar-refractivity contribution is 5.10. The highest BCUT2D eigenvalue weighted by atomic mass is 16.5. The van der Waals surface area contributed by atoms with E-state index in [1.165, 1.54) is 32.5 Å². The molecule has 2 aliphatic heterocycles. The van der Waals surface area contributed by atoms with Gasteiger partial charge in [0.05, 0.1) is 13.2 Å². The van der Waals surface area contributed by atoms with Crippen LogP contribution in [0.15, 0.2) is 12.2 Å². The monoisotopic (exact) mass is 276 g/mol. The third kappa shape index (κ3) is 2.44. The van der Waals surface area contributed by atoms with Gasteiger partial charge in [0.15, 0.2) is 0 Å². The molecule has 20 heavy (non-hydrogen) atoms. The molecular weight excluding hydrogens is 248 g/mol. The van der Waals surface area contributed by atoms with E-state index in [-0.39, 0.29) is 0 Å². The lowest BCUT2D eigenvalue weighted by Crippen LogP contribution is -2.47. The van der Waals surface area contributed by atoms with Crippen molar-refractivity contribution in [1.29, 1.82) is 0 Å². The molecule has 0 aromatic rings. The first-order valence-corrected chi connectivity index (χ1v) is 8.52. The van der Waals surface area contributed by atoms with Crippen LogP contribution in [0, 0.1) is 23.7 Å². The summed E-state index contributed by atoms with van der Waals surface area (Å²) in [6.07, 6.45) is 7.86. The molecule has 3 heteroatoms. The fraction of sp³-hybridized carbons (Fsp3) is 0.882. The molecule has 2 heterocycles. The van der Waals surface area contributed by atoms with Crippen LogP contribution in [-0.4, -0.2) is 61.8 Å². The first kappa shape index (κ1) is 13.3. The van der Waals surface area contributed by atoms with Crippen LogP contribution in [0.3, 0.4) is 0 Å². The maximum absolute atomic E-state index is 5.50. The highest BCUT2D eigenvalue weighted by Crippen LogP contribution is 2.44. The summed E-state index contributed by atoms with van der Waals surface area (Å²) < 4.78 is 5.50. The molecule has 2 saturated heterocycles. The first-order valence-electron chi connectivity index (χ1n) is 8.52. The van der Waals surface area contributed by atoms with Gasteiger partial charge in [-0.2, -0.15) is 0 Å². The van der Waals surface area contributed by atoms with Crippen molar-refractivity contribution in [2.24, 2.45) is 23.7 Å². The van der Waals surface area contributed by atoms with Gasteiger partial charge in [-0.15, -0.1) is 0 Å². The van der Waals surface area contributed by atoms with Gasteiger partial charge >= 0.3 is 0 Å². The van der Waals surface area contributed by atoms with Gasteiger partial charge < -0.3 is 9.64 Å². The van der Waals surface area contributed by atoms with Crippen molar-refractivity contribution < 1.29 is 4.74 Å². The number of rotatable bonds is 3. The van der Waals surface area contributed by atoms with Crippen molar-refractivity contribution in [3.63, 3.8) is 0 Å². The predicted molar refractivity (Wildman–Crippen MR) is 80.6 cm³/mol. The number of nitrogens with zero attached hydrogens (tertiary/aromatic N) is 2. The zero-order chi connectivity index (χ0) is 13.5. The zero-order valence-electron chi connectivity index (χ0n) is 12.7. The van der Waals surface area contributed by atoms with Gasteiger partial charge in [0.25, 0.3) is 0 Å². The predicted octanol–water partition coefficient (Wildman–Crippen LogP) is 1.85. The summed E-state index contributed by atoms with van der Waals surface area (Å²) in [5, 5.41) is 0. The van der Waals surface area contributed by atoms with Crippen molar-refractivity contribution in [3.8, 4) is 0 Å². The molecule has 4 rings (SSSR count). The molecule has 2 aliphatic carbocycles. The normalized spacial score (nSPS) is 45.5. The maximum Gasteiger partial charge on any atom is 0.0594 e. The molecule has 0 aromatic carbocycles. The van der Waals surface area contributed by atoms with Crippen LogP contribution in [0.4, 0.5) is 0 Å². The van der Waals surface area contributed by atoms with Crippen molar-refractivity contribution >= 4 is 0 Å². The molecule has 112 valence electrons. The Balaban J connectivity index is 1.33. The van der Waals surface area contributed by atoms with Crippen LogP contribution in [0.1, 0.15) is 19.8 Å². The summed E-state index contributed by atoms with van der Waals surface area (Å²) in [5.74, 6) is 3.58. The second-order valence-corrected chi connectivity index (χ2v) is 7.45. The van der Waals surface area contributed by atoms with E-state index in [0.717, 1.165) is 56.0 Å². The van der Waals surface area contributed by atoms with Crippen molar-refractivity contribution in [2.75, 3.05) is 45.9 Å². The molecular formula is C17H28N2O. The highest BCUT2D eigenvalue weighted by Gasteiger charge is 2.40. The molecule has 0 radical (unpaired) electrons. The number of hydrogen-bond donors (Lipinski definition) is 0. The van der Waals surface area contributed by atoms with Crippen LogP contribution < -0.4 is 0 Å². The number of hydrogen-bond acceptors (Lipinski definition) is 3. The molecule has 0 N–H and O–H groups in total. The Hall–Kier alpha value is -0.380. The van der Waals surface area contributed by atoms with Gasteiger partial charge in [0.1, 0.15) is 0 Å². The second kappa shape index (κ2) is 5.43. The van der Waals surface area contributed by atoms with E-state index in [9.17, 15) is 0 Å². The van der Waals surface area contributed by atoms with E-state index < -0.39 is 0 Å². The van der Waals surface area contributed by atoms with E-state index >= 15 is 0 Å². The molecule has 0 amide bonds. The Labute approximate surface area is 122 Å². The van der Waals surface area contributed by atoms with Gasteiger partial charge in [-0.3, -0.25) is 4.90 Å². The molecule has 0 aromatic heterocycles. The Morgan fingerprint density at radius 1 is 1.10 bits per heavy atom. The van der Waals surface area contributed by atoms with Crippen LogP contribution in [0.25, 0.3) is 0 Å². The zero-order valence-corrected chi connectivity index (χ0v) is 12.7. The molecule has 3 fully saturated rings. The van der Waals surface area contributed by atoms with Gasteiger partial charge in [-0.1, -0.05) is 19.1 Å². The van der Waals surface area contributed by atoms with E-state index in [1.54, 1.807) is 0 Å². The minimum Gasteiger partial charge on any atom is -0.379 e. The fourth-order valence-corrected chi connectivity index (χ4v) is 5.02. The number of morpholine rings is 1. The summed E-state index contributed by atoms with van der Waals surface area (Å²) in [6.45, 7) is 10.5. The second-order valence-electron chi connectivity index (χ2n) is 7.45. The lowest BCUT2D eigenvalue weighted by atomic mass is 9.93. The summed E-state index contributed by atoms with van der Waals surface area (Å²) in [7, 11) is 0. The Kier molecular flexibility index (Phi) is 3.61. The smallest absolute Gasteiger partial charge is 0.0594 e. The Morgan fingerprint density at radius 2 is 1.95 bits per heavy atom. The van der Waals surface area contributed by atoms with Crippen molar-refractivity contribution in [2.45, 2.75) is 25.8 Å². The van der Waals surface area contributed by atoms with Crippen LogP contribution in [0.5, 0.6) is 0 Å². The number of allylic oxidation sites excluding steroid dienone is 2. The summed E-state index contributed by atoms with van der Waals surface area (Å²) >= 11 is 0. The van der Waals surface area contributed by atoms with Gasteiger partial charge in [0, 0.05) is 38.8 Å². The van der Waals surface area contributed by atoms with Crippen LogP contribution in [0.2, 0.25) is 0 Å². The molecule has 3 nitrogen and oxygen atoms in total. The van der Waals surface area contributed by atoms with Gasteiger partial charge in [-0.25, -0.2) is 0 Å². The van der Waals surface area contributed by atoms with E-state index in [1.807, 2.05) is 0 Å². The molecule has 0 spiro atoms. The Bertz CT molecular complexity index is 377. The average molecular weight is 276 g/mol. The summed E-state index contributed by atoms with van der Waals surface area (Å²) in [6, 6.07) is 0.771. The molecule has 5 atom stereocenters. The summed E-state index contributed by atoms with van der Waals surface area (Å²) in [4.78, 5) is 5.43. The lowest BCUT2D eigenvalue weighted by molar-refractivity contribution is 0.0116. The lowest BCUT2D eigenvalue weighted by Gasteiger charge is -2.34. The number of likely N-dealkylation sites (tertiary alicyclic amines) is 1. The van der Waals surface area contributed by atoms with Crippen LogP contribution in [-0.2, 0) is 4.74 Å². The minimum absolute atomic E-state index is 0.771. The van der Waals surface area contributed by atoms with Crippen LogP contribution >= 0.6 is 0 Å². The number of ether oxygens (including phenoxy) is 1. The standard InChI is InChI=1S/C17H28N2O/c1-13-10-18(11-16-9-14-2-3-15(16)8-14)12-17(13)19-4-6-20-7-5-19/h2-3,13-17H,4-12H2,1H3. The SMILES string of the molecule is CC1CN(CC2CC3C=CC2C3)CC1N1CCOCC1. The van der Waals surface area contributed by atoms with Crippen molar-refractivity contribution in [3.05, 3.63) is 12.2 Å².